The first-order chi connectivity index (χ1) is 10.1. The molecule has 1 aliphatic carbocycles. The van der Waals surface area contributed by atoms with Gasteiger partial charge in [0.05, 0.1) is 12.5 Å². The van der Waals surface area contributed by atoms with Crippen molar-refractivity contribution in [3.63, 3.8) is 0 Å². The Bertz CT molecular complexity index is 682. The van der Waals surface area contributed by atoms with Gasteiger partial charge < -0.3 is 4.74 Å². The molecule has 2 heteroatoms. The molecular weight excluding hydrogens is 260 g/mol. The minimum absolute atomic E-state index is 0.247. The standard InChI is InChI=1S/C19H20O2/c1-13-12-17(21-3)14(2)11-16(13)18(20)19(9-10-19)15-7-5-4-6-8-15/h4-8,11-12H,9-10H2,1-3H3. The van der Waals surface area contributed by atoms with Crippen LogP contribution in [0.15, 0.2) is 42.5 Å². The third kappa shape index (κ3) is 2.25. The number of carbonyl (C=O) groups excluding carboxylic acids is 1. The number of aryl methyl sites for hydroxylation is 2. The van der Waals surface area contributed by atoms with Gasteiger partial charge in [-0.25, -0.2) is 0 Å². The minimum atomic E-state index is -0.299. The van der Waals surface area contributed by atoms with E-state index >= 15 is 0 Å². The van der Waals surface area contributed by atoms with Gasteiger partial charge in [-0.05, 0) is 55.5 Å². The number of hydrogen-bond donors (Lipinski definition) is 0. The molecule has 3 rings (SSSR count). The van der Waals surface area contributed by atoms with Crippen LogP contribution in [0.2, 0.25) is 0 Å². The van der Waals surface area contributed by atoms with Gasteiger partial charge in [-0.15, -0.1) is 0 Å². The highest BCUT2D eigenvalue weighted by Crippen LogP contribution is 2.51. The minimum Gasteiger partial charge on any atom is -0.496 e. The highest BCUT2D eigenvalue weighted by Gasteiger charge is 2.51. The second-order valence-electron chi connectivity index (χ2n) is 5.91. The van der Waals surface area contributed by atoms with Gasteiger partial charge in [0.15, 0.2) is 5.78 Å². The van der Waals surface area contributed by atoms with Crippen molar-refractivity contribution < 1.29 is 9.53 Å². The molecule has 2 nitrogen and oxygen atoms in total. The lowest BCUT2D eigenvalue weighted by Crippen LogP contribution is -2.21. The van der Waals surface area contributed by atoms with Gasteiger partial charge >= 0.3 is 0 Å². The largest absolute Gasteiger partial charge is 0.496 e. The van der Waals surface area contributed by atoms with Crippen LogP contribution in [0, 0.1) is 13.8 Å². The number of methoxy groups -OCH3 is 1. The van der Waals surface area contributed by atoms with Crippen LogP contribution in [0.4, 0.5) is 0 Å². The average Bonchev–Trinajstić information content (AvgIpc) is 3.31. The molecule has 21 heavy (non-hydrogen) atoms. The van der Waals surface area contributed by atoms with Gasteiger partial charge in [-0.2, -0.15) is 0 Å². The highest BCUT2D eigenvalue weighted by atomic mass is 16.5. The molecule has 0 aliphatic heterocycles. The van der Waals surface area contributed by atoms with E-state index in [4.69, 9.17) is 4.74 Å². The molecule has 108 valence electrons. The summed E-state index contributed by atoms with van der Waals surface area (Å²) in [5, 5.41) is 0. The Labute approximate surface area is 125 Å². The van der Waals surface area contributed by atoms with Gasteiger partial charge in [0, 0.05) is 5.56 Å². The molecule has 1 fully saturated rings. The fourth-order valence-corrected chi connectivity index (χ4v) is 3.04. The average molecular weight is 280 g/mol. The lowest BCUT2D eigenvalue weighted by atomic mass is 9.85. The molecule has 0 atom stereocenters. The van der Waals surface area contributed by atoms with Crippen molar-refractivity contribution in [1.29, 1.82) is 0 Å². The molecule has 0 heterocycles. The third-order valence-electron chi connectivity index (χ3n) is 4.50. The van der Waals surface area contributed by atoms with Crippen molar-refractivity contribution in [1.82, 2.24) is 0 Å². The zero-order chi connectivity index (χ0) is 15.0. The van der Waals surface area contributed by atoms with E-state index in [-0.39, 0.29) is 11.2 Å². The summed E-state index contributed by atoms with van der Waals surface area (Å²) in [5.41, 5.74) is 3.67. The summed E-state index contributed by atoms with van der Waals surface area (Å²) < 4.78 is 5.34. The van der Waals surface area contributed by atoms with Crippen LogP contribution >= 0.6 is 0 Å². The first kappa shape index (κ1) is 13.9. The van der Waals surface area contributed by atoms with Crippen LogP contribution in [0.1, 0.15) is 39.9 Å². The van der Waals surface area contributed by atoms with E-state index in [1.165, 1.54) is 0 Å². The normalized spacial score (nSPS) is 15.6. The maximum Gasteiger partial charge on any atom is 0.173 e. The molecule has 0 aromatic heterocycles. The maximum atomic E-state index is 13.1. The van der Waals surface area contributed by atoms with E-state index < -0.39 is 0 Å². The molecule has 2 aromatic rings. The van der Waals surface area contributed by atoms with E-state index in [1.54, 1.807) is 7.11 Å². The molecule has 1 aliphatic rings. The first-order valence-corrected chi connectivity index (χ1v) is 7.34. The Kier molecular flexibility index (Phi) is 3.32. The number of ether oxygens (including phenoxy) is 1. The molecule has 0 radical (unpaired) electrons. The van der Waals surface area contributed by atoms with Gasteiger partial charge in [0.2, 0.25) is 0 Å². The fourth-order valence-electron chi connectivity index (χ4n) is 3.04. The van der Waals surface area contributed by atoms with Crippen LogP contribution in [0.3, 0.4) is 0 Å². The van der Waals surface area contributed by atoms with Crippen LogP contribution < -0.4 is 4.74 Å². The van der Waals surface area contributed by atoms with Gasteiger partial charge in [0.1, 0.15) is 5.75 Å². The Morgan fingerprint density at radius 3 is 2.29 bits per heavy atom. The number of benzene rings is 2. The monoisotopic (exact) mass is 280 g/mol. The molecule has 0 N–H and O–H groups in total. The summed E-state index contributed by atoms with van der Waals surface area (Å²) in [6.45, 7) is 3.97. The summed E-state index contributed by atoms with van der Waals surface area (Å²) in [7, 11) is 1.66. The van der Waals surface area contributed by atoms with Gasteiger partial charge in [-0.1, -0.05) is 30.3 Å². The molecule has 1 saturated carbocycles. The molecule has 0 bridgehead atoms. The molecule has 0 saturated heterocycles. The van der Waals surface area contributed by atoms with E-state index in [0.717, 1.165) is 40.8 Å². The van der Waals surface area contributed by atoms with Crippen molar-refractivity contribution in [2.75, 3.05) is 7.11 Å². The molecular formula is C19H20O2. The lowest BCUT2D eigenvalue weighted by molar-refractivity contribution is 0.0945. The number of hydrogen-bond acceptors (Lipinski definition) is 2. The van der Waals surface area contributed by atoms with Crippen LogP contribution in [0.25, 0.3) is 0 Å². The maximum absolute atomic E-state index is 13.1. The zero-order valence-corrected chi connectivity index (χ0v) is 12.8. The zero-order valence-electron chi connectivity index (χ0n) is 12.8. The molecule has 0 unspecified atom stereocenters. The lowest BCUT2D eigenvalue weighted by Gasteiger charge is -2.17. The van der Waals surface area contributed by atoms with E-state index in [1.807, 2.05) is 44.2 Å². The first-order valence-electron chi connectivity index (χ1n) is 7.34. The topological polar surface area (TPSA) is 26.3 Å². The summed E-state index contributed by atoms with van der Waals surface area (Å²) >= 11 is 0. The van der Waals surface area contributed by atoms with Gasteiger partial charge in [0.25, 0.3) is 0 Å². The Morgan fingerprint density at radius 2 is 1.71 bits per heavy atom. The van der Waals surface area contributed by atoms with Crippen molar-refractivity contribution in [3.05, 3.63) is 64.7 Å². The summed E-state index contributed by atoms with van der Waals surface area (Å²) in [6.07, 6.45) is 1.89. The summed E-state index contributed by atoms with van der Waals surface area (Å²) in [5.74, 6) is 1.09. The van der Waals surface area contributed by atoms with Crippen LogP contribution in [-0.4, -0.2) is 12.9 Å². The van der Waals surface area contributed by atoms with Crippen molar-refractivity contribution >= 4 is 5.78 Å². The second-order valence-corrected chi connectivity index (χ2v) is 5.91. The molecule has 0 amide bonds. The predicted octanol–water partition coefficient (Wildman–Crippen LogP) is 4.23. The van der Waals surface area contributed by atoms with E-state index in [2.05, 4.69) is 12.1 Å². The van der Waals surface area contributed by atoms with Crippen molar-refractivity contribution in [3.8, 4) is 5.75 Å². The molecule has 2 aromatic carbocycles. The number of Topliss-reactive ketones (excluding diaryl/α,β-unsaturated/α-hetero) is 1. The quantitative estimate of drug-likeness (QED) is 0.784. The summed E-state index contributed by atoms with van der Waals surface area (Å²) in [4.78, 5) is 13.1. The number of rotatable bonds is 4. The van der Waals surface area contributed by atoms with Gasteiger partial charge in [-0.3, -0.25) is 4.79 Å². The fraction of sp³-hybridized carbons (Fsp3) is 0.316. The predicted molar refractivity (Wildman–Crippen MR) is 84.2 cm³/mol. The Balaban J connectivity index is 2.02. The smallest absolute Gasteiger partial charge is 0.173 e. The number of ketones is 1. The van der Waals surface area contributed by atoms with E-state index in [0.29, 0.717) is 0 Å². The SMILES string of the molecule is COc1cc(C)c(C(=O)C2(c3ccccc3)CC2)cc1C. The van der Waals surface area contributed by atoms with Crippen molar-refractivity contribution in [2.45, 2.75) is 32.1 Å². The van der Waals surface area contributed by atoms with Crippen LogP contribution in [0.5, 0.6) is 5.75 Å². The highest BCUT2D eigenvalue weighted by molar-refractivity contribution is 6.07. The molecule has 0 spiro atoms. The second kappa shape index (κ2) is 5.03. The summed E-state index contributed by atoms with van der Waals surface area (Å²) in [6, 6.07) is 14.1. The van der Waals surface area contributed by atoms with Crippen molar-refractivity contribution in [2.24, 2.45) is 0 Å². The Morgan fingerprint density at radius 1 is 1.05 bits per heavy atom. The number of carbonyl (C=O) groups is 1. The van der Waals surface area contributed by atoms with Crippen LogP contribution in [-0.2, 0) is 5.41 Å². The third-order valence-corrected chi connectivity index (χ3v) is 4.50. The Hall–Kier alpha value is -2.09. The van der Waals surface area contributed by atoms with E-state index in [9.17, 15) is 4.79 Å².